The number of H-pyrrole nitrogens is 1. The standard InChI is InChI=1S/C12H11ClN2O2/c13-9-3-1-2-8-10(9)17-7-4-12(8,16)11-14-5-6-15-11/h1-3,5-6,16H,4,7H2,(H,14,15). The first kappa shape index (κ1) is 10.6. The maximum atomic E-state index is 10.8. The minimum atomic E-state index is -1.15. The number of fused-ring (bicyclic) bond motifs is 1. The van der Waals surface area contributed by atoms with Crippen molar-refractivity contribution in [3.05, 3.63) is 47.0 Å². The van der Waals surface area contributed by atoms with Crippen molar-refractivity contribution in [2.24, 2.45) is 0 Å². The Labute approximate surface area is 103 Å². The molecule has 17 heavy (non-hydrogen) atoms. The summed E-state index contributed by atoms with van der Waals surface area (Å²) in [5.74, 6) is 1.06. The third-order valence-electron chi connectivity index (χ3n) is 3.01. The SMILES string of the molecule is OC1(c2ncc[nH]2)CCOc2c(Cl)cccc21. The van der Waals surface area contributed by atoms with Crippen LogP contribution in [0.1, 0.15) is 17.8 Å². The molecule has 1 atom stereocenters. The van der Waals surface area contributed by atoms with Crippen LogP contribution in [0.4, 0.5) is 0 Å². The first-order valence-electron chi connectivity index (χ1n) is 5.36. The van der Waals surface area contributed by atoms with E-state index in [1.807, 2.05) is 6.07 Å². The van der Waals surface area contributed by atoms with Gasteiger partial charge in [-0.05, 0) is 6.07 Å². The van der Waals surface area contributed by atoms with Crippen molar-refractivity contribution in [3.63, 3.8) is 0 Å². The van der Waals surface area contributed by atoms with Gasteiger partial charge in [0.2, 0.25) is 0 Å². The zero-order valence-electron chi connectivity index (χ0n) is 8.98. The second-order valence-corrected chi connectivity index (χ2v) is 4.42. The first-order valence-corrected chi connectivity index (χ1v) is 5.73. The van der Waals surface area contributed by atoms with E-state index in [9.17, 15) is 5.11 Å². The van der Waals surface area contributed by atoms with Gasteiger partial charge in [-0.1, -0.05) is 23.7 Å². The Morgan fingerprint density at radius 3 is 3.12 bits per heavy atom. The number of para-hydroxylation sites is 1. The number of aromatic amines is 1. The van der Waals surface area contributed by atoms with Crippen molar-refractivity contribution in [2.75, 3.05) is 6.61 Å². The lowest BCUT2D eigenvalue weighted by atomic mass is 9.87. The second kappa shape index (κ2) is 3.75. The molecule has 0 amide bonds. The van der Waals surface area contributed by atoms with Gasteiger partial charge < -0.3 is 14.8 Å². The molecule has 0 saturated heterocycles. The van der Waals surface area contributed by atoms with E-state index in [1.165, 1.54) is 0 Å². The Kier molecular flexibility index (Phi) is 2.34. The third-order valence-corrected chi connectivity index (χ3v) is 3.31. The minimum Gasteiger partial charge on any atom is -0.491 e. The summed E-state index contributed by atoms with van der Waals surface area (Å²) in [5, 5.41) is 11.3. The number of hydrogen-bond donors (Lipinski definition) is 2. The lowest BCUT2D eigenvalue weighted by Crippen LogP contribution is -2.35. The van der Waals surface area contributed by atoms with Crippen LogP contribution in [0.5, 0.6) is 5.75 Å². The molecule has 0 radical (unpaired) electrons. The fourth-order valence-corrected chi connectivity index (χ4v) is 2.38. The van der Waals surface area contributed by atoms with Crippen LogP contribution in [0.25, 0.3) is 0 Å². The van der Waals surface area contributed by atoms with E-state index >= 15 is 0 Å². The summed E-state index contributed by atoms with van der Waals surface area (Å²) < 4.78 is 5.51. The van der Waals surface area contributed by atoms with Crippen molar-refractivity contribution in [1.82, 2.24) is 9.97 Å². The molecule has 5 heteroatoms. The molecule has 3 rings (SSSR count). The van der Waals surface area contributed by atoms with Crippen molar-refractivity contribution in [3.8, 4) is 5.75 Å². The highest BCUT2D eigenvalue weighted by molar-refractivity contribution is 6.32. The highest BCUT2D eigenvalue weighted by Gasteiger charge is 2.40. The summed E-state index contributed by atoms with van der Waals surface area (Å²) in [6, 6.07) is 5.35. The van der Waals surface area contributed by atoms with Crippen LogP contribution in [-0.4, -0.2) is 21.7 Å². The lowest BCUT2D eigenvalue weighted by Gasteiger charge is -2.33. The van der Waals surface area contributed by atoms with Crippen LogP contribution >= 0.6 is 11.6 Å². The molecule has 1 aliphatic rings. The Hall–Kier alpha value is -1.52. The highest BCUT2D eigenvalue weighted by Crippen LogP contribution is 2.43. The van der Waals surface area contributed by atoms with E-state index in [4.69, 9.17) is 16.3 Å². The van der Waals surface area contributed by atoms with Crippen molar-refractivity contribution < 1.29 is 9.84 Å². The molecule has 0 aliphatic carbocycles. The summed E-state index contributed by atoms with van der Waals surface area (Å²) in [7, 11) is 0. The minimum absolute atomic E-state index is 0.411. The van der Waals surface area contributed by atoms with E-state index < -0.39 is 5.60 Å². The molecule has 0 bridgehead atoms. The summed E-state index contributed by atoms with van der Waals surface area (Å²) in [5.41, 5.74) is -0.492. The fourth-order valence-electron chi connectivity index (χ4n) is 2.15. The van der Waals surface area contributed by atoms with E-state index in [0.717, 1.165) is 0 Å². The summed E-state index contributed by atoms with van der Waals surface area (Å²) in [6.45, 7) is 0.411. The lowest BCUT2D eigenvalue weighted by molar-refractivity contribution is 0.0278. The Morgan fingerprint density at radius 1 is 1.47 bits per heavy atom. The van der Waals surface area contributed by atoms with Gasteiger partial charge in [0, 0.05) is 24.4 Å². The Morgan fingerprint density at radius 2 is 2.35 bits per heavy atom. The summed E-state index contributed by atoms with van der Waals surface area (Å²) >= 11 is 6.06. The van der Waals surface area contributed by atoms with Crippen LogP contribution in [0.2, 0.25) is 5.02 Å². The Balaban J connectivity index is 2.20. The van der Waals surface area contributed by atoms with E-state index in [2.05, 4.69) is 9.97 Å². The molecule has 1 aliphatic heterocycles. The molecule has 2 N–H and O–H groups in total. The fraction of sp³-hybridized carbons (Fsp3) is 0.250. The Bertz CT molecular complexity index is 541. The second-order valence-electron chi connectivity index (χ2n) is 4.01. The van der Waals surface area contributed by atoms with Crippen LogP contribution in [0.15, 0.2) is 30.6 Å². The molecule has 0 spiro atoms. The van der Waals surface area contributed by atoms with E-state index in [-0.39, 0.29) is 0 Å². The van der Waals surface area contributed by atoms with Gasteiger partial charge in [-0.3, -0.25) is 0 Å². The number of aliphatic hydroxyl groups is 1. The topological polar surface area (TPSA) is 58.1 Å². The number of rotatable bonds is 1. The molecule has 1 unspecified atom stereocenters. The number of hydrogen-bond acceptors (Lipinski definition) is 3. The predicted molar refractivity (Wildman–Crippen MR) is 63.2 cm³/mol. The number of imidazole rings is 1. The van der Waals surface area contributed by atoms with Crippen LogP contribution in [0, 0.1) is 0 Å². The molecule has 1 aromatic carbocycles. The maximum absolute atomic E-state index is 10.8. The summed E-state index contributed by atoms with van der Waals surface area (Å²) in [4.78, 5) is 7.08. The van der Waals surface area contributed by atoms with Crippen molar-refractivity contribution in [2.45, 2.75) is 12.0 Å². The molecular formula is C12H11ClN2O2. The van der Waals surface area contributed by atoms with Gasteiger partial charge in [0.1, 0.15) is 11.6 Å². The van der Waals surface area contributed by atoms with Gasteiger partial charge in [-0.2, -0.15) is 0 Å². The zero-order chi connectivity index (χ0) is 11.9. The molecule has 88 valence electrons. The van der Waals surface area contributed by atoms with Crippen LogP contribution in [0.3, 0.4) is 0 Å². The molecule has 1 aromatic heterocycles. The van der Waals surface area contributed by atoms with Crippen molar-refractivity contribution >= 4 is 11.6 Å². The van der Waals surface area contributed by atoms with Gasteiger partial charge >= 0.3 is 0 Å². The van der Waals surface area contributed by atoms with E-state index in [0.29, 0.717) is 35.2 Å². The van der Waals surface area contributed by atoms with Gasteiger partial charge in [0.15, 0.2) is 5.60 Å². The van der Waals surface area contributed by atoms with Gasteiger partial charge in [0.25, 0.3) is 0 Å². The average molecular weight is 251 g/mol. The van der Waals surface area contributed by atoms with Gasteiger partial charge in [0.05, 0.1) is 11.6 Å². The molecule has 2 heterocycles. The number of ether oxygens (including phenoxy) is 1. The van der Waals surface area contributed by atoms with Crippen LogP contribution in [-0.2, 0) is 5.60 Å². The largest absolute Gasteiger partial charge is 0.491 e. The number of nitrogens with zero attached hydrogens (tertiary/aromatic N) is 1. The smallest absolute Gasteiger partial charge is 0.154 e. The van der Waals surface area contributed by atoms with Crippen LogP contribution < -0.4 is 4.74 Å². The molecule has 4 nitrogen and oxygen atoms in total. The first-order chi connectivity index (χ1) is 8.22. The van der Waals surface area contributed by atoms with Crippen molar-refractivity contribution in [1.29, 1.82) is 0 Å². The average Bonchev–Trinajstić information content (AvgIpc) is 2.85. The zero-order valence-corrected chi connectivity index (χ0v) is 9.74. The number of benzene rings is 1. The predicted octanol–water partition coefficient (Wildman–Crippen LogP) is 2.08. The monoisotopic (exact) mass is 250 g/mol. The number of nitrogens with one attached hydrogen (secondary N) is 1. The quantitative estimate of drug-likeness (QED) is 0.815. The van der Waals surface area contributed by atoms with E-state index in [1.54, 1.807) is 24.5 Å². The van der Waals surface area contributed by atoms with Gasteiger partial charge in [-0.25, -0.2) is 4.98 Å². The molecule has 2 aromatic rings. The molecular weight excluding hydrogens is 240 g/mol. The number of halogens is 1. The molecule has 0 fully saturated rings. The number of aromatic nitrogens is 2. The van der Waals surface area contributed by atoms with Gasteiger partial charge in [-0.15, -0.1) is 0 Å². The maximum Gasteiger partial charge on any atom is 0.154 e. The summed E-state index contributed by atoms with van der Waals surface area (Å²) in [6.07, 6.45) is 3.76. The third kappa shape index (κ3) is 1.52. The normalized spacial score (nSPS) is 22.9. The highest BCUT2D eigenvalue weighted by atomic mass is 35.5. The molecule has 0 saturated carbocycles.